The summed E-state index contributed by atoms with van der Waals surface area (Å²) in [4.78, 5) is 28.8. The highest BCUT2D eigenvalue weighted by molar-refractivity contribution is 5.77. The van der Waals surface area contributed by atoms with Gasteiger partial charge in [-0.2, -0.15) is 13.2 Å². The second-order valence-electron chi connectivity index (χ2n) is 8.57. The maximum absolute atomic E-state index is 12.6. The fourth-order valence-electron chi connectivity index (χ4n) is 4.79. The van der Waals surface area contributed by atoms with Crippen LogP contribution in [0.1, 0.15) is 43.4 Å². The van der Waals surface area contributed by atoms with Gasteiger partial charge in [0.1, 0.15) is 5.69 Å². The van der Waals surface area contributed by atoms with Gasteiger partial charge in [0, 0.05) is 37.0 Å². The van der Waals surface area contributed by atoms with Crippen molar-refractivity contribution in [3.05, 3.63) is 29.6 Å². The lowest BCUT2D eigenvalue weighted by atomic mass is 9.56. The highest BCUT2D eigenvalue weighted by Crippen LogP contribution is 2.53. The predicted octanol–water partition coefficient (Wildman–Crippen LogP) is 3.22. The van der Waals surface area contributed by atoms with E-state index in [1.54, 1.807) is 0 Å². The monoisotopic (exact) mass is 396 g/mol. The Bertz CT molecular complexity index is 749. The molecule has 1 aromatic heterocycles. The van der Waals surface area contributed by atoms with Crippen molar-refractivity contribution in [2.75, 3.05) is 19.7 Å². The predicted molar refractivity (Wildman–Crippen MR) is 93.0 cm³/mol. The highest BCUT2D eigenvalue weighted by atomic mass is 19.4. The van der Waals surface area contributed by atoms with Crippen LogP contribution >= 0.6 is 0 Å². The molecule has 2 aliphatic heterocycles. The summed E-state index contributed by atoms with van der Waals surface area (Å²) in [7, 11) is 0. The lowest BCUT2D eigenvalue weighted by Gasteiger charge is -2.59. The van der Waals surface area contributed by atoms with Crippen LogP contribution in [0.5, 0.6) is 0 Å². The number of esters is 1. The zero-order valence-corrected chi connectivity index (χ0v) is 15.5. The molecule has 8 heteroatoms. The molecule has 0 unspecified atom stereocenters. The van der Waals surface area contributed by atoms with Crippen LogP contribution in [0.25, 0.3) is 0 Å². The zero-order valence-electron chi connectivity index (χ0n) is 15.5. The minimum absolute atomic E-state index is 0.139. The number of carbonyl (C=O) groups excluding carboxylic acids is 2. The SMILES string of the molecule is O=C1C[C@H](CCC(=O)N2CC3(CC(Cc4ccc(C(F)(F)F)nc4)C3)C2)CO1. The summed E-state index contributed by atoms with van der Waals surface area (Å²) >= 11 is 0. The molecule has 1 spiro atoms. The number of pyridine rings is 1. The van der Waals surface area contributed by atoms with Crippen LogP contribution in [-0.4, -0.2) is 41.5 Å². The van der Waals surface area contributed by atoms with E-state index in [4.69, 9.17) is 4.74 Å². The van der Waals surface area contributed by atoms with Gasteiger partial charge in [0.25, 0.3) is 0 Å². The van der Waals surface area contributed by atoms with Gasteiger partial charge in [-0.25, -0.2) is 0 Å². The summed E-state index contributed by atoms with van der Waals surface area (Å²) in [6.45, 7) is 1.97. The molecule has 28 heavy (non-hydrogen) atoms. The minimum atomic E-state index is -4.40. The van der Waals surface area contributed by atoms with E-state index in [2.05, 4.69) is 4.98 Å². The Hall–Kier alpha value is -2.12. The Morgan fingerprint density at radius 2 is 2.00 bits per heavy atom. The number of likely N-dealkylation sites (tertiary alicyclic amines) is 1. The van der Waals surface area contributed by atoms with Gasteiger partial charge in [-0.15, -0.1) is 0 Å². The van der Waals surface area contributed by atoms with Gasteiger partial charge < -0.3 is 9.64 Å². The Morgan fingerprint density at radius 1 is 1.25 bits per heavy atom. The van der Waals surface area contributed by atoms with Gasteiger partial charge in [0.05, 0.1) is 13.0 Å². The molecule has 3 heterocycles. The third-order valence-electron chi connectivity index (χ3n) is 6.19. The Morgan fingerprint density at radius 3 is 2.57 bits per heavy atom. The zero-order chi connectivity index (χ0) is 19.9. The number of ether oxygens (including phenoxy) is 1. The van der Waals surface area contributed by atoms with Crippen molar-refractivity contribution in [3.63, 3.8) is 0 Å². The molecule has 1 aliphatic carbocycles. The van der Waals surface area contributed by atoms with Crippen molar-refractivity contribution in [2.24, 2.45) is 17.3 Å². The van der Waals surface area contributed by atoms with Gasteiger partial charge in [0.2, 0.25) is 5.91 Å². The number of halogens is 3. The van der Waals surface area contributed by atoms with Crippen molar-refractivity contribution >= 4 is 11.9 Å². The van der Waals surface area contributed by atoms with E-state index in [0.717, 1.165) is 44.0 Å². The number of hydrogen-bond donors (Lipinski definition) is 0. The van der Waals surface area contributed by atoms with E-state index in [9.17, 15) is 22.8 Å². The first kappa shape index (κ1) is 19.2. The van der Waals surface area contributed by atoms with E-state index in [-0.39, 0.29) is 23.2 Å². The van der Waals surface area contributed by atoms with Crippen molar-refractivity contribution in [1.29, 1.82) is 0 Å². The summed E-state index contributed by atoms with van der Waals surface area (Å²) in [6, 6.07) is 2.55. The fraction of sp³-hybridized carbons (Fsp3) is 0.650. The van der Waals surface area contributed by atoms with Crippen molar-refractivity contribution in [1.82, 2.24) is 9.88 Å². The molecule has 3 fully saturated rings. The smallest absolute Gasteiger partial charge is 0.433 e. The average Bonchev–Trinajstić information content (AvgIpc) is 2.98. The number of cyclic esters (lactones) is 1. The molecule has 0 N–H and O–H groups in total. The van der Waals surface area contributed by atoms with E-state index in [1.807, 2.05) is 4.90 Å². The molecular formula is C20H23F3N2O3. The number of aromatic nitrogens is 1. The molecule has 152 valence electrons. The average molecular weight is 396 g/mol. The Labute approximate surface area is 161 Å². The van der Waals surface area contributed by atoms with E-state index < -0.39 is 11.9 Å². The largest absolute Gasteiger partial charge is 0.465 e. The molecule has 0 radical (unpaired) electrons. The molecule has 1 aromatic rings. The van der Waals surface area contributed by atoms with Crippen LogP contribution in [0.15, 0.2) is 18.3 Å². The first-order valence-corrected chi connectivity index (χ1v) is 9.68. The molecule has 2 saturated heterocycles. The molecular weight excluding hydrogens is 373 g/mol. The summed E-state index contributed by atoms with van der Waals surface area (Å²) in [5.74, 6) is 0.569. The van der Waals surface area contributed by atoms with Crippen LogP contribution in [0, 0.1) is 17.3 Å². The minimum Gasteiger partial charge on any atom is -0.465 e. The quantitative estimate of drug-likeness (QED) is 0.717. The summed E-state index contributed by atoms with van der Waals surface area (Å²) in [5.41, 5.74) is 0.169. The van der Waals surface area contributed by atoms with Gasteiger partial charge >= 0.3 is 12.1 Å². The van der Waals surface area contributed by atoms with E-state index in [1.165, 1.54) is 12.3 Å². The van der Waals surface area contributed by atoms with Crippen LogP contribution < -0.4 is 0 Å². The van der Waals surface area contributed by atoms with Crippen LogP contribution in [-0.2, 0) is 26.9 Å². The van der Waals surface area contributed by atoms with Crippen LogP contribution in [0.2, 0.25) is 0 Å². The fourth-order valence-corrected chi connectivity index (χ4v) is 4.79. The number of rotatable bonds is 5. The lowest BCUT2D eigenvalue weighted by molar-refractivity contribution is -0.155. The topological polar surface area (TPSA) is 59.5 Å². The first-order valence-electron chi connectivity index (χ1n) is 9.68. The maximum atomic E-state index is 12.6. The third-order valence-corrected chi connectivity index (χ3v) is 6.19. The van der Waals surface area contributed by atoms with Crippen LogP contribution in [0.4, 0.5) is 13.2 Å². The lowest BCUT2D eigenvalue weighted by Crippen LogP contribution is -2.63. The molecule has 1 saturated carbocycles. The number of carbonyl (C=O) groups is 2. The summed E-state index contributed by atoms with van der Waals surface area (Å²) < 4.78 is 42.6. The van der Waals surface area contributed by atoms with E-state index in [0.29, 0.717) is 31.8 Å². The van der Waals surface area contributed by atoms with Crippen molar-refractivity contribution in [2.45, 2.75) is 44.7 Å². The van der Waals surface area contributed by atoms with E-state index >= 15 is 0 Å². The van der Waals surface area contributed by atoms with Gasteiger partial charge in [-0.05, 0) is 43.2 Å². The number of nitrogens with zero attached hydrogens (tertiary/aromatic N) is 2. The molecule has 0 aromatic carbocycles. The van der Waals surface area contributed by atoms with Gasteiger partial charge in [-0.1, -0.05) is 6.07 Å². The molecule has 1 amide bonds. The maximum Gasteiger partial charge on any atom is 0.433 e. The molecule has 3 aliphatic rings. The standard InChI is InChI=1S/C20H23F3N2O3/c21-20(22,23)16-3-1-13(9-24-16)5-15-7-19(8-15)11-25(12-19)17(26)4-2-14-6-18(27)28-10-14/h1,3,9,14-15H,2,4-8,10-12H2/t14-/m0/s1. The summed E-state index contributed by atoms with van der Waals surface area (Å²) in [6.07, 6.45) is 1.22. The second kappa shape index (κ2) is 7.04. The van der Waals surface area contributed by atoms with Crippen molar-refractivity contribution in [3.8, 4) is 0 Å². The molecule has 0 bridgehead atoms. The number of hydrogen-bond acceptors (Lipinski definition) is 4. The van der Waals surface area contributed by atoms with Crippen LogP contribution in [0.3, 0.4) is 0 Å². The Balaban J connectivity index is 1.17. The molecule has 1 atom stereocenters. The highest BCUT2D eigenvalue weighted by Gasteiger charge is 2.53. The first-order chi connectivity index (χ1) is 13.2. The Kier molecular flexibility index (Phi) is 4.83. The number of alkyl halides is 3. The molecule has 5 nitrogen and oxygen atoms in total. The normalized spacial score (nSPS) is 24.0. The van der Waals surface area contributed by atoms with Crippen molar-refractivity contribution < 1.29 is 27.5 Å². The van der Waals surface area contributed by atoms with Gasteiger partial charge in [-0.3, -0.25) is 14.6 Å². The summed E-state index contributed by atoms with van der Waals surface area (Å²) in [5, 5.41) is 0. The van der Waals surface area contributed by atoms with Gasteiger partial charge in [0.15, 0.2) is 0 Å². The molecule has 4 rings (SSSR count). The third kappa shape index (κ3) is 4.00. The number of amides is 1. The second-order valence-corrected chi connectivity index (χ2v) is 8.57.